The third-order valence-corrected chi connectivity index (χ3v) is 5.01. The van der Waals surface area contributed by atoms with Gasteiger partial charge in [0.1, 0.15) is 5.69 Å². The number of hydrazone groups is 1. The number of para-hydroxylation sites is 2. The first-order valence-corrected chi connectivity index (χ1v) is 9.97. The second-order valence-electron chi connectivity index (χ2n) is 6.20. The van der Waals surface area contributed by atoms with Gasteiger partial charge in [-0.05, 0) is 35.7 Å². The third-order valence-electron chi connectivity index (χ3n) is 4.14. The van der Waals surface area contributed by atoms with Crippen molar-refractivity contribution in [1.82, 2.24) is 15.2 Å². The molecule has 2 heterocycles. The summed E-state index contributed by atoms with van der Waals surface area (Å²) in [7, 11) is 0. The van der Waals surface area contributed by atoms with Crippen LogP contribution in [0.15, 0.2) is 89.5 Å². The summed E-state index contributed by atoms with van der Waals surface area (Å²) in [6, 6.07) is 23.4. The molecule has 0 aliphatic rings. The fraction of sp³-hybridized carbons (Fsp3) is 0.0455. The smallest absolute Gasteiger partial charge is 0.259 e. The van der Waals surface area contributed by atoms with Crippen LogP contribution in [-0.2, 0) is 4.79 Å². The van der Waals surface area contributed by atoms with Crippen molar-refractivity contribution in [2.75, 3.05) is 11.9 Å². The number of carbonyl (C=O) groups excluding carboxylic acids is 1. The molecule has 29 heavy (non-hydrogen) atoms. The van der Waals surface area contributed by atoms with Gasteiger partial charge in [0.05, 0.1) is 23.3 Å². The van der Waals surface area contributed by atoms with Crippen LogP contribution in [0.4, 0.5) is 5.69 Å². The summed E-state index contributed by atoms with van der Waals surface area (Å²) in [5, 5.41) is 13.9. The van der Waals surface area contributed by atoms with E-state index in [2.05, 4.69) is 15.8 Å². The Kier molecular flexibility index (Phi) is 5.78. The Hall–Kier alpha value is -3.71. The molecule has 0 unspecified atom stereocenters. The minimum atomic E-state index is -0.224. The monoisotopic (exact) mass is 401 g/mol. The van der Waals surface area contributed by atoms with E-state index in [1.165, 1.54) is 0 Å². The van der Waals surface area contributed by atoms with E-state index < -0.39 is 0 Å². The van der Waals surface area contributed by atoms with Crippen LogP contribution < -0.4 is 10.7 Å². The zero-order valence-corrected chi connectivity index (χ0v) is 16.3. The average Bonchev–Trinajstić information content (AvgIpc) is 3.44. The van der Waals surface area contributed by atoms with Gasteiger partial charge in [-0.15, -0.1) is 11.3 Å². The molecule has 1 amide bonds. The van der Waals surface area contributed by atoms with Gasteiger partial charge in [-0.3, -0.25) is 4.79 Å². The van der Waals surface area contributed by atoms with Gasteiger partial charge in [0.2, 0.25) is 0 Å². The molecule has 2 N–H and O–H groups in total. The average molecular weight is 401 g/mol. The number of hydrogen-bond donors (Lipinski definition) is 2. The Balaban J connectivity index is 1.47. The first-order chi connectivity index (χ1) is 14.3. The molecule has 0 aliphatic carbocycles. The van der Waals surface area contributed by atoms with Crippen molar-refractivity contribution in [2.45, 2.75) is 0 Å². The summed E-state index contributed by atoms with van der Waals surface area (Å²) in [5.41, 5.74) is 6.05. The lowest BCUT2D eigenvalue weighted by atomic mass is 10.2. The van der Waals surface area contributed by atoms with Crippen LogP contribution >= 0.6 is 11.3 Å². The molecule has 6 nitrogen and oxygen atoms in total. The topological polar surface area (TPSA) is 71.3 Å². The molecule has 4 aromatic rings. The lowest BCUT2D eigenvalue weighted by molar-refractivity contribution is -0.119. The van der Waals surface area contributed by atoms with E-state index in [-0.39, 0.29) is 12.5 Å². The van der Waals surface area contributed by atoms with Crippen LogP contribution in [0, 0.1) is 0 Å². The zero-order chi connectivity index (χ0) is 19.9. The summed E-state index contributed by atoms with van der Waals surface area (Å²) < 4.78 is 1.81. The van der Waals surface area contributed by atoms with Gasteiger partial charge in [0, 0.05) is 17.4 Å². The van der Waals surface area contributed by atoms with Gasteiger partial charge >= 0.3 is 0 Å². The number of anilines is 1. The van der Waals surface area contributed by atoms with Gasteiger partial charge in [-0.1, -0.05) is 42.5 Å². The molecule has 144 valence electrons. The van der Waals surface area contributed by atoms with Crippen molar-refractivity contribution >= 4 is 29.1 Å². The number of hydrogen-bond acceptors (Lipinski definition) is 5. The number of nitrogens with one attached hydrogen (secondary N) is 2. The van der Waals surface area contributed by atoms with Gasteiger partial charge in [0.25, 0.3) is 5.91 Å². The number of nitrogens with zero attached hydrogens (tertiary/aromatic N) is 3. The predicted octanol–water partition coefficient (Wildman–Crippen LogP) is 4.16. The largest absolute Gasteiger partial charge is 0.376 e. The molecule has 0 radical (unpaired) electrons. The normalized spacial score (nSPS) is 10.9. The van der Waals surface area contributed by atoms with Gasteiger partial charge in [-0.2, -0.15) is 10.2 Å². The van der Waals surface area contributed by atoms with Crippen LogP contribution in [0.3, 0.4) is 0 Å². The molecule has 0 atom stereocenters. The quantitative estimate of drug-likeness (QED) is 0.361. The Labute approximate surface area is 172 Å². The fourth-order valence-electron chi connectivity index (χ4n) is 2.75. The molecule has 0 aliphatic heterocycles. The van der Waals surface area contributed by atoms with E-state index in [4.69, 9.17) is 5.10 Å². The maximum Gasteiger partial charge on any atom is 0.259 e. The lowest BCUT2D eigenvalue weighted by Gasteiger charge is -2.04. The lowest BCUT2D eigenvalue weighted by Crippen LogP contribution is -2.25. The van der Waals surface area contributed by atoms with Crippen LogP contribution in [0.1, 0.15) is 5.56 Å². The van der Waals surface area contributed by atoms with Crippen molar-refractivity contribution < 1.29 is 4.79 Å². The second-order valence-corrected chi connectivity index (χ2v) is 7.15. The van der Waals surface area contributed by atoms with Crippen LogP contribution in [0.25, 0.3) is 16.3 Å². The van der Waals surface area contributed by atoms with E-state index in [9.17, 15) is 4.79 Å². The highest BCUT2D eigenvalue weighted by Crippen LogP contribution is 2.26. The highest BCUT2D eigenvalue weighted by molar-refractivity contribution is 7.13. The molecule has 2 aromatic heterocycles. The molecule has 0 bridgehead atoms. The zero-order valence-electron chi connectivity index (χ0n) is 15.5. The standard InChI is InChI=1S/C22H19N5OS/c28-21(15-23-18-8-3-1-4-9-18)25-24-14-17-16-27(19-10-5-2-6-11-19)26-22(17)20-12-7-13-29-20/h1-14,16,23H,15H2,(H,25,28). The van der Waals surface area contributed by atoms with Gasteiger partial charge in [0.15, 0.2) is 0 Å². The van der Waals surface area contributed by atoms with E-state index in [0.717, 1.165) is 27.5 Å². The van der Waals surface area contributed by atoms with Crippen LogP contribution in [0.2, 0.25) is 0 Å². The molecular weight excluding hydrogens is 382 g/mol. The predicted molar refractivity (Wildman–Crippen MR) is 118 cm³/mol. The molecule has 7 heteroatoms. The Morgan fingerprint density at radius 1 is 1.03 bits per heavy atom. The Morgan fingerprint density at radius 2 is 1.79 bits per heavy atom. The number of carbonyl (C=O) groups is 1. The summed E-state index contributed by atoms with van der Waals surface area (Å²) in [6.07, 6.45) is 3.53. The summed E-state index contributed by atoms with van der Waals surface area (Å²) >= 11 is 1.61. The number of benzene rings is 2. The molecule has 0 saturated carbocycles. The number of thiophene rings is 1. The number of rotatable bonds is 7. The summed E-state index contributed by atoms with van der Waals surface area (Å²) in [4.78, 5) is 13.1. The van der Waals surface area contributed by atoms with E-state index in [1.807, 2.05) is 89.1 Å². The number of aromatic nitrogens is 2. The molecule has 0 saturated heterocycles. The van der Waals surface area contributed by atoms with Crippen molar-refractivity contribution in [3.05, 3.63) is 89.9 Å². The van der Waals surface area contributed by atoms with Crippen LogP contribution in [0.5, 0.6) is 0 Å². The maximum absolute atomic E-state index is 12.0. The highest BCUT2D eigenvalue weighted by Gasteiger charge is 2.12. The minimum absolute atomic E-state index is 0.141. The Bertz CT molecular complexity index is 1090. The second kappa shape index (κ2) is 8.99. The first kappa shape index (κ1) is 18.6. The van der Waals surface area contributed by atoms with Crippen molar-refractivity contribution in [2.24, 2.45) is 5.10 Å². The van der Waals surface area contributed by atoms with E-state index in [0.29, 0.717) is 0 Å². The molecule has 0 spiro atoms. The fourth-order valence-corrected chi connectivity index (χ4v) is 3.48. The molecule has 0 fully saturated rings. The summed E-state index contributed by atoms with van der Waals surface area (Å²) in [5.74, 6) is -0.224. The Morgan fingerprint density at radius 3 is 2.52 bits per heavy atom. The highest BCUT2D eigenvalue weighted by atomic mass is 32.1. The number of amides is 1. The van der Waals surface area contributed by atoms with E-state index in [1.54, 1.807) is 17.6 Å². The maximum atomic E-state index is 12.0. The van der Waals surface area contributed by atoms with Crippen molar-refractivity contribution in [3.8, 4) is 16.3 Å². The van der Waals surface area contributed by atoms with E-state index >= 15 is 0 Å². The molecule has 4 rings (SSSR count). The molecule has 2 aromatic carbocycles. The van der Waals surface area contributed by atoms with Crippen LogP contribution in [-0.4, -0.2) is 28.4 Å². The SMILES string of the molecule is O=C(CNc1ccccc1)NN=Cc1cn(-c2ccccc2)nc1-c1cccs1. The third kappa shape index (κ3) is 4.77. The molecular formula is C22H19N5OS. The van der Waals surface area contributed by atoms with Gasteiger partial charge in [-0.25, -0.2) is 10.1 Å². The van der Waals surface area contributed by atoms with Gasteiger partial charge < -0.3 is 5.32 Å². The minimum Gasteiger partial charge on any atom is -0.376 e. The van der Waals surface area contributed by atoms with Crippen molar-refractivity contribution in [1.29, 1.82) is 0 Å². The van der Waals surface area contributed by atoms with Crippen molar-refractivity contribution in [3.63, 3.8) is 0 Å². The first-order valence-electron chi connectivity index (χ1n) is 9.09. The summed E-state index contributed by atoms with van der Waals surface area (Å²) in [6.45, 7) is 0.141.